The molecule has 0 bridgehead atoms. The molecule has 0 spiro atoms. The molecule has 1 unspecified atom stereocenters. The van der Waals surface area contributed by atoms with Crippen molar-refractivity contribution in [3.8, 4) is 0 Å². The lowest BCUT2D eigenvalue weighted by Gasteiger charge is -2.16. The second-order valence-electron chi connectivity index (χ2n) is 4.34. The third-order valence-corrected chi connectivity index (χ3v) is 2.71. The second-order valence-corrected chi connectivity index (χ2v) is 4.34. The fourth-order valence-corrected chi connectivity index (χ4v) is 1.78. The van der Waals surface area contributed by atoms with Gasteiger partial charge in [-0.1, -0.05) is 20.8 Å². The summed E-state index contributed by atoms with van der Waals surface area (Å²) in [6.07, 6.45) is 4.89. The van der Waals surface area contributed by atoms with Gasteiger partial charge in [-0.3, -0.25) is 11.3 Å². The Balaban J connectivity index is 2.65. The summed E-state index contributed by atoms with van der Waals surface area (Å²) in [5.41, 5.74) is 4.08. The highest BCUT2D eigenvalue weighted by atomic mass is 16.3. The van der Waals surface area contributed by atoms with Gasteiger partial charge in [0.2, 0.25) is 0 Å². The van der Waals surface area contributed by atoms with Crippen LogP contribution in [0.15, 0.2) is 16.7 Å². The van der Waals surface area contributed by atoms with Crippen LogP contribution in [0, 0.1) is 5.92 Å². The van der Waals surface area contributed by atoms with Crippen molar-refractivity contribution in [2.24, 2.45) is 11.8 Å². The van der Waals surface area contributed by atoms with Crippen molar-refractivity contribution in [1.29, 1.82) is 0 Å². The number of rotatable bonds is 6. The molecule has 0 aliphatic rings. The molecule has 1 aromatic rings. The number of aryl methyl sites for hydroxylation is 1. The van der Waals surface area contributed by atoms with Gasteiger partial charge in [0.1, 0.15) is 5.76 Å². The van der Waals surface area contributed by atoms with Crippen LogP contribution in [0.5, 0.6) is 0 Å². The lowest BCUT2D eigenvalue weighted by molar-refractivity contribution is 0.434. The molecule has 1 heterocycles. The van der Waals surface area contributed by atoms with Gasteiger partial charge in [-0.15, -0.1) is 0 Å². The van der Waals surface area contributed by atoms with Gasteiger partial charge in [0.05, 0.1) is 6.26 Å². The maximum absolute atomic E-state index is 5.58. The summed E-state index contributed by atoms with van der Waals surface area (Å²) in [5, 5.41) is 0. The molecule has 0 aliphatic carbocycles. The molecule has 0 amide bonds. The zero-order chi connectivity index (χ0) is 11.3. The minimum absolute atomic E-state index is 0.223. The van der Waals surface area contributed by atoms with Crippen molar-refractivity contribution < 1.29 is 4.42 Å². The third kappa shape index (κ3) is 3.36. The molecule has 0 fully saturated rings. The van der Waals surface area contributed by atoms with E-state index in [1.807, 2.05) is 6.07 Å². The van der Waals surface area contributed by atoms with E-state index in [-0.39, 0.29) is 6.04 Å². The number of hydrogen-bond donors (Lipinski definition) is 2. The Labute approximate surface area is 92.0 Å². The Hall–Kier alpha value is -0.800. The van der Waals surface area contributed by atoms with Crippen LogP contribution in [-0.4, -0.2) is 0 Å². The van der Waals surface area contributed by atoms with Crippen molar-refractivity contribution in [2.45, 2.75) is 46.1 Å². The summed E-state index contributed by atoms with van der Waals surface area (Å²) >= 11 is 0. The van der Waals surface area contributed by atoms with Crippen LogP contribution < -0.4 is 11.3 Å². The van der Waals surface area contributed by atoms with Gasteiger partial charge in [0, 0.05) is 18.0 Å². The van der Waals surface area contributed by atoms with Gasteiger partial charge in [0.25, 0.3) is 0 Å². The number of hydrazine groups is 1. The van der Waals surface area contributed by atoms with Crippen LogP contribution in [0.25, 0.3) is 0 Å². The Kier molecular flexibility index (Phi) is 4.85. The first kappa shape index (κ1) is 12.3. The fourth-order valence-electron chi connectivity index (χ4n) is 1.78. The normalized spacial score (nSPS) is 13.4. The van der Waals surface area contributed by atoms with Crippen molar-refractivity contribution >= 4 is 0 Å². The number of furan rings is 1. The van der Waals surface area contributed by atoms with E-state index in [0.29, 0.717) is 5.92 Å². The second kappa shape index (κ2) is 5.93. The Morgan fingerprint density at radius 2 is 2.13 bits per heavy atom. The quantitative estimate of drug-likeness (QED) is 0.560. The minimum atomic E-state index is 0.223. The summed E-state index contributed by atoms with van der Waals surface area (Å²) in [5.74, 6) is 7.33. The summed E-state index contributed by atoms with van der Waals surface area (Å²) in [6.45, 7) is 6.55. The number of nitrogens with two attached hydrogens (primary N) is 1. The van der Waals surface area contributed by atoms with E-state index in [1.165, 1.54) is 12.0 Å². The summed E-state index contributed by atoms with van der Waals surface area (Å²) < 4.78 is 5.41. The molecule has 0 aliphatic heterocycles. The molecule has 0 saturated carbocycles. The Morgan fingerprint density at radius 1 is 1.40 bits per heavy atom. The third-order valence-electron chi connectivity index (χ3n) is 2.71. The Morgan fingerprint density at radius 3 is 2.67 bits per heavy atom. The van der Waals surface area contributed by atoms with Crippen LogP contribution in [0.4, 0.5) is 0 Å². The molecule has 0 radical (unpaired) electrons. The topological polar surface area (TPSA) is 51.2 Å². The van der Waals surface area contributed by atoms with E-state index >= 15 is 0 Å². The first-order valence-corrected chi connectivity index (χ1v) is 5.71. The number of nitrogens with one attached hydrogen (secondary N) is 1. The fraction of sp³-hybridized carbons (Fsp3) is 0.667. The average molecular weight is 210 g/mol. The summed E-state index contributed by atoms with van der Waals surface area (Å²) in [7, 11) is 0. The molecule has 0 saturated heterocycles. The lowest BCUT2D eigenvalue weighted by Crippen LogP contribution is -2.28. The molecule has 86 valence electrons. The van der Waals surface area contributed by atoms with E-state index in [9.17, 15) is 0 Å². The first-order chi connectivity index (χ1) is 7.19. The molecule has 15 heavy (non-hydrogen) atoms. The van der Waals surface area contributed by atoms with Crippen LogP contribution in [0.3, 0.4) is 0 Å². The highest BCUT2D eigenvalue weighted by molar-refractivity contribution is 5.21. The molecular weight excluding hydrogens is 188 g/mol. The standard InChI is InChI=1S/C12H22N2O/c1-4-12-10(7-8-15-12)11(14-13)6-5-9(2)3/h7-9,11,14H,4-6,13H2,1-3H3. The van der Waals surface area contributed by atoms with Gasteiger partial charge < -0.3 is 4.42 Å². The van der Waals surface area contributed by atoms with Crippen molar-refractivity contribution in [3.63, 3.8) is 0 Å². The maximum atomic E-state index is 5.58. The summed E-state index contributed by atoms with van der Waals surface area (Å²) in [4.78, 5) is 0. The predicted molar refractivity (Wildman–Crippen MR) is 62.2 cm³/mol. The van der Waals surface area contributed by atoms with Crippen LogP contribution >= 0.6 is 0 Å². The molecule has 1 atom stereocenters. The van der Waals surface area contributed by atoms with E-state index in [1.54, 1.807) is 6.26 Å². The smallest absolute Gasteiger partial charge is 0.108 e. The van der Waals surface area contributed by atoms with Gasteiger partial charge >= 0.3 is 0 Å². The average Bonchev–Trinajstić information content (AvgIpc) is 2.66. The monoisotopic (exact) mass is 210 g/mol. The van der Waals surface area contributed by atoms with Gasteiger partial charge in [-0.25, -0.2) is 0 Å². The SMILES string of the molecule is CCc1occc1C(CCC(C)C)NN. The van der Waals surface area contributed by atoms with Crippen LogP contribution in [0.2, 0.25) is 0 Å². The largest absolute Gasteiger partial charge is 0.469 e. The lowest BCUT2D eigenvalue weighted by atomic mass is 9.98. The molecule has 1 rings (SSSR count). The first-order valence-electron chi connectivity index (χ1n) is 5.71. The predicted octanol–water partition coefficient (Wildman–Crippen LogP) is 2.78. The molecule has 3 N–H and O–H groups in total. The Bertz CT molecular complexity index is 281. The molecule has 0 aromatic carbocycles. The highest BCUT2D eigenvalue weighted by Gasteiger charge is 2.15. The molecular formula is C12H22N2O. The van der Waals surface area contributed by atoms with Crippen molar-refractivity contribution in [2.75, 3.05) is 0 Å². The van der Waals surface area contributed by atoms with E-state index < -0.39 is 0 Å². The molecule has 3 nitrogen and oxygen atoms in total. The number of hydrogen-bond acceptors (Lipinski definition) is 3. The van der Waals surface area contributed by atoms with Gasteiger partial charge in [-0.05, 0) is 24.8 Å². The highest BCUT2D eigenvalue weighted by Crippen LogP contribution is 2.24. The summed E-state index contributed by atoms with van der Waals surface area (Å²) in [6, 6.07) is 2.24. The van der Waals surface area contributed by atoms with Crippen LogP contribution in [-0.2, 0) is 6.42 Å². The minimum Gasteiger partial charge on any atom is -0.469 e. The van der Waals surface area contributed by atoms with E-state index in [0.717, 1.165) is 18.6 Å². The zero-order valence-corrected chi connectivity index (χ0v) is 9.92. The zero-order valence-electron chi connectivity index (χ0n) is 9.92. The maximum Gasteiger partial charge on any atom is 0.108 e. The van der Waals surface area contributed by atoms with Crippen molar-refractivity contribution in [3.05, 3.63) is 23.7 Å². The molecule has 1 aromatic heterocycles. The van der Waals surface area contributed by atoms with E-state index in [2.05, 4.69) is 26.2 Å². The van der Waals surface area contributed by atoms with Crippen molar-refractivity contribution in [1.82, 2.24) is 5.43 Å². The van der Waals surface area contributed by atoms with Crippen LogP contribution in [0.1, 0.15) is 51.0 Å². The molecule has 3 heteroatoms. The van der Waals surface area contributed by atoms with Gasteiger partial charge in [-0.2, -0.15) is 0 Å². The van der Waals surface area contributed by atoms with E-state index in [4.69, 9.17) is 10.3 Å². The van der Waals surface area contributed by atoms with Gasteiger partial charge in [0.15, 0.2) is 0 Å².